The molecule has 0 radical (unpaired) electrons. The third kappa shape index (κ3) is 5.22. The highest BCUT2D eigenvalue weighted by Crippen LogP contribution is 2.44. The predicted molar refractivity (Wildman–Crippen MR) is 129 cm³/mol. The number of carbonyl (C=O) groups is 3. The van der Waals surface area contributed by atoms with Gasteiger partial charge in [0.05, 0.1) is 5.56 Å². The summed E-state index contributed by atoms with van der Waals surface area (Å²) in [6, 6.07) is 19.5. The molecule has 0 bridgehead atoms. The molecule has 0 aliphatic heterocycles. The number of carbonyl (C=O) groups excluding carboxylic acids is 2. The summed E-state index contributed by atoms with van der Waals surface area (Å²) in [5.41, 5.74) is 4.33. The molecule has 3 N–H and O–H groups in total. The van der Waals surface area contributed by atoms with E-state index >= 15 is 0 Å². The minimum atomic E-state index is -1.11. The van der Waals surface area contributed by atoms with Crippen molar-refractivity contribution in [1.29, 1.82) is 0 Å². The van der Waals surface area contributed by atoms with Crippen molar-refractivity contribution in [3.05, 3.63) is 101 Å². The molecule has 3 aromatic carbocycles. The second-order valence-electron chi connectivity index (χ2n) is 8.05. The van der Waals surface area contributed by atoms with Crippen LogP contribution in [0.1, 0.15) is 34.3 Å². The highest BCUT2D eigenvalue weighted by atomic mass is 19.1. The monoisotopic (exact) mass is 474 g/mol. The standard InChI is InChI=1S/C27H23FN2O5/c1-16(26(32)33)12-13-29-25(31)22-14-17(10-11-24(22)28)30-27(34)35-15-23-20-8-4-2-6-18(20)19-7-3-5-9-21(19)23/h2-12,14,23H,13,15H2,1H3,(H,29,31)(H,30,34)(H,32,33)/b16-12+. The molecule has 178 valence electrons. The summed E-state index contributed by atoms with van der Waals surface area (Å²) < 4.78 is 19.7. The Morgan fingerprint density at radius 2 is 1.63 bits per heavy atom. The summed E-state index contributed by atoms with van der Waals surface area (Å²) in [6.45, 7) is 1.41. The lowest BCUT2D eigenvalue weighted by molar-refractivity contribution is -0.132. The average Bonchev–Trinajstić information content (AvgIpc) is 3.17. The maximum Gasteiger partial charge on any atom is 0.411 e. The molecular weight excluding hydrogens is 451 g/mol. The number of ether oxygens (including phenoxy) is 1. The van der Waals surface area contributed by atoms with Gasteiger partial charge in [0.25, 0.3) is 5.91 Å². The van der Waals surface area contributed by atoms with E-state index in [1.54, 1.807) is 0 Å². The van der Waals surface area contributed by atoms with Gasteiger partial charge in [-0.25, -0.2) is 14.0 Å². The Bertz CT molecular complexity index is 1290. The number of carboxylic acids is 1. The minimum absolute atomic E-state index is 0.0523. The predicted octanol–water partition coefficient (Wildman–Crippen LogP) is 4.95. The van der Waals surface area contributed by atoms with Crippen molar-refractivity contribution in [2.45, 2.75) is 12.8 Å². The Morgan fingerprint density at radius 3 is 2.26 bits per heavy atom. The number of halogens is 1. The van der Waals surface area contributed by atoms with Crippen molar-refractivity contribution in [3.8, 4) is 11.1 Å². The Labute approximate surface area is 201 Å². The van der Waals surface area contributed by atoms with Crippen molar-refractivity contribution < 1.29 is 28.6 Å². The van der Waals surface area contributed by atoms with Gasteiger partial charge in [-0.2, -0.15) is 0 Å². The highest BCUT2D eigenvalue weighted by Gasteiger charge is 2.29. The molecule has 1 aliphatic carbocycles. The van der Waals surface area contributed by atoms with E-state index < -0.39 is 23.8 Å². The molecule has 3 aromatic rings. The fraction of sp³-hybridized carbons (Fsp3) is 0.148. The van der Waals surface area contributed by atoms with E-state index in [0.29, 0.717) is 0 Å². The molecule has 0 unspecified atom stereocenters. The van der Waals surface area contributed by atoms with E-state index in [2.05, 4.69) is 10.6 Å². The average molecular weight is 474 g/mol. The van der Waals surface area contributed by atoms with Crippen LogP contribution in [0.2, 0.25) is 0 Å². The van der Waals surface area contributed by atoms with Gasteiger partial charge in [-0.05, 0) is 47.4 Å². The Kier molecular flexibility index (Phi) is 6.91. The first-order valence-electron chi connectivity index (χ1n) is 10.9. The summed E-state index contributed by atoms with van der Waals surface area (Å²) in [5.74, 6) is -2.74. The van der Waals surface area contributed by atoms with Gasteiger partial charge in [0.2, 0.25) is 0 Å². The van der Waals surface area contributed by atoms with Crippen LogP contribution in [0.3, 0.4) is 0 Å². The number of benzene rings is 3. The normalized spacial score (nSPS) is 12.5. The first-order valence-corrected chi connectivity index (χ1v) is 10.9. The molecule has 0 fully saturated rings. The van der Waals surface area contributed by atoms with Crippen LogP contribution >= 0.6 is 0 Å². The number of hydrogen-bond acceptors (Lipinski definition) is 4. The Balaban J connectivity index is 1.40. The van der Waals surface area contributed by atoms with E-state index in [4.69, 9.17) is 9.84 Å². The lowest BCUT2D eigenvalue weighted by Gasteiger charge is -2.15. The number of hydrogen-bond donors (Lipinski definition) is 3. The van der Waals surface area contributed by atoms with Crippen molar-refractivity contribution in [2.75, 3.05) is 18.5 Å². The van der Waals surface area contributed by atoms with E-state index in [9.17, 15) is 18.8 Å². The minimum Gasteiger partial charge on any atom is -0.478 e. The lowest BCUT2D eigenvalue weighted by Crippen LogP contribution is -2.25. The molecule has 1 aliphatic rings. The summed E-state index contributed by atoms with van der Waals surface area (Å²) in [6.07, 6.45) is 0.571. The maximum atomic E-state index is 14.2. The van der Waals surface area contributed by atoms with Crippen LogP contribution < -0.4 is 10.6 Å². The van der Waals surface area contributed by atoms with Crippen LogP contribution in [-0.4, -0.2) is 36.2 Å². The van der Waals surface area contributed by atoms with Gasteiger partial charge < -0.3 is 15.2 Å². The van der Waals surface area contributed by atoms with Gasteiger partial charge >= 0.3 is 12.1 Å². The molecule has 4 rings (SSSR count). The number of fused-ring (bicyclic) bond motifs is 3. The van der Waals surface area contributed by atoms with Gasteiger partial charge in [0, 0.05) is 23.7 Å². The van der Waals surface area contributed by atoms with Crippen LogP contribution in [-0.2, 0) is 9.53 Å². The van der Waals surface area contributed by atoms with Crippen molar-refractivity contribution in [3.63, 3.8) is 0 Å². The van der Waals surface area contributed by atoms with E-state index in [-0.39, 0.29) is 35.9 Å². The molecule has 0 spiro atoms. The quantitative estimate of drug-likeness (QED) is 0.421. The summed E-state index contributed by atoms with van der Waals surface area (Å²) >= 11 is 0. The molecule has 8 heteroatoms. The zero-order valence-electron chi connectivity index (χ0n) is 18.9. The Morgan fingerprint density at radius 1 is 1.00 bits per heavy atom. The van der Waals surface area contributed by atoms with Crippen LogP contribution in [0.4, 0.5) is 14.9 Å². The molecule has 7 nitrogen and oxygen atoms in total. The van der Waals surface area contributed by atoms with Crippen molar-refractivity contribution >= 4 is 23.7 Å². The largest absolute Gasteiger partial charge is 0.478 e. The number of nitrogens with one attached hydrogen (secondary N) is 2. The van der Waals surface area contributed by atoms with E-state index in [1.165, 1.54) is 25.1 Å². The number of carboxylic acid groups (broad SMARTS) is 1. The second-order valence-corrected chi connectivity index (χ2v) is 8.05. The third-order valence-electron chi connectivity index (χ3n) is 5.81. The molecular formula is C27H23FN2O5. The Hall–Kier alpha value is -4.46. The van der Waals surface area contributed by atoms with Gasteiger partial charge in [0.15, 0.2) is 0 Å². The molecule has 0 saturated heterocycles. The summed E-state index contributed by atoms with van der Waals surface area (Å²) in [4.78, 5) is 35.6. The van der Waals surface area contributed by atoms with Crippen LogP contribution in [0.15, 0.2) is 78.4 Å². The summed E-state index contributed by atoms with van der Waals surface area (Å²) in [7, 11) is 0. The maximum absolute atomic E-state index is 14.2. The van der Waals surface area contributed by atoms with Crippen LogP contribution in [0, 0.1) is 5.82 Å². The van der Waals surface area contributed by atoms with E-state index in [1.807, 2.05) is 48.5 Å². The number of aliphatic carboxylic acids is 1. The highest BCUT2D eigenvalue weighted by molar-refractivity contribution is 5.96. The zero-order valence-corrected chi connectivity index (χ0v) is 18.9. The fourth-order valence-electron chi connectivity index (χ4n) is 4.01. The smallest absolute Gasteiger partial charge is 0.411 e. The van der Waals surface area contributed by atoms with E-state index in [0.717, 1.165) is 28.3 Å². The summed E-state index contributed by atoms with van der Waals surface area (Å²) in [5, 5.41) is 13.8. The van der Waals surface area contributed by atoms with Crippen molar-refractivity contribution in [1.82, 2.24) is 5.32 Å². The van der Waals surface area contributed by atoms with Gasteiger partial charge in [0.1, 0.15) is 12.4 Å². The molecule has 0 aromatic heterocycles. The molecule has 35 heavy (non-hydrogen) atoms. The first kappa shape index (κ1) is 23.7. The van der Waals surface area contributed by atoms with Crippen LogP contribution in [0.5, 0.6) is 0 Å². The lowest BCUT2D eigenvalue weighted by atomic mass is 9.98. The molecule has 0 atom stereocenters. The van der Waals surface area contributed by atoms with Crippen LogP contribution in [0.25, 0.3) is 11.1 Å². The number of anilines is 1. The van der Waals surface area contributed by atoms with Gasteiger partial charge in [-0.15, -0.1) is 0 Å². The number of rotatable bonds is 7. The molecule has 2 amide bonds. The topological polar surface area (TPSA) is 105 Å². The number of amides is 2. The van der Waals surface area contributed by atoms with Gasteiger partial charge in [-0.1, -0.05) is 54.6 Å². The van der Waals surface area contributed by atoms with Gasteiger partial charge in [-0.3, -0.25) is 10.1 Å². The fourth-order valence-corrected chi connectivity index (χ4v) is 4.01. The second kappa shape index (κ2) is 10.2. The zero-order chi connectivity index (χ0) is 24.9. The van der Waals surface area contributed by atoms with Crippen molar-refractivity contribution in [2.24, 2.45) is 0 Å². The molecule has 0 heterocycles. The SMILES string of the molecule is C/C(=C\CNC(=O)c1cc(NC(=O)OCC2c3ccccc3-c3ccccc32)ccc1F)C(=O)O. The molecule has 0 saturated carbocycles. The third-order valence-corrected chi connectivity index (χ3v) is 5.81. The first-order chi connectivity index (χ1) is 16.8.